The normalized spacial score (nSPS) is 12.4. The lowest BCUT2D eigenvalue weighted by molar-refractivity contribution is 0.410. The summed E-state index contributed by atoms with van der Waals surface area (Å²) in [6.07, 6.45) is 4.64. The Morgan fingerprint density at radius 2 is 2.25 bits per heavy atom. The molecule has 0 radical (unpaired) electrons. The third kappa shape index (κ3) is 3.17. The molecule has 1 aromatic heterocycles. The Kier molecular flexibility index (Phi) is 4.74. The van der Waals surface area contributed by atoms with Crippen molar-refractivity contribution in [3.63, 3.8) is 0 Å². The molecule has 0 bridgehead atoms. The minimum Gasteiger partial charge on any atom is -0.497 e. The third-order valence-corrected chi connectivity index (χ3v) is 3.18. The maximum atomic E-state index is 14.3. The summed E-state index contributed by atoms with van der Waals surface area (Å²) in [6, 6.07) is 4.74. The maximum absolute atomic E-state index is 14.3. The molecule has 20 heavy (non-hydrogen) atoms. The van der Waals surface area contributed by atoms with Gasteiger partial charge in [-0.25, -0.2) is 4.39 Å². The first kappa shape index (κ1) is 14.5. The number of hydrogen-bond acceptors (Lipinski definition) is 3. The van der Waals surface area contributed by atoms with E-state index in [4.69, 9.17) is 4.74 Å². The molecule has 0 saturated heterocycles. The van der Waals surface area contributed by atoms with Crippen molar-refractivity contribution in [1.29, 1.82) is 0 Å². The van der Waals surface area contributed by atoms with Gasteiger partial charge in [0.15, 0.2) is 0 Å². The third-order valence-electron chi connectivity index (χ3n) is 3.18. The molecule has 5 heteroatoms. The number of aromatic nitrogens is 2. The standard InChI is InChI=1S/C15H20FN3O/c1-4-7-17-15(11-9-18-19(2)10-11)13-6-5-12(20-3)8-14(13)16/h5-6,8-10,15,17H,4,7H2,1-3H3. The maximum Gasteiger partial charge on any atom is 0.132 e. The fourth-order valence-corrected chi connectivity index (χ4v) is 2.15. The molecule has 0 amide bonds. The molecule has 0 aliphatic heterocycles. The second-order valence-corrected chi connectivity index (χ2v) is 4.72. The number of ether oxygens (including phenoxy) is 1. The molecule has 1 heterocycles. The van der Waals surface area contributed by atoms with Crippen molar-refractivity contribution >= 4 is 0 Å². The van der Waals surface area contributed by atoms with Gasteiger partial charge < -0.3 is 10.1 Å². The van der Waals surface area contributed by atoms with Crippen LogP contribution in [-0.4, -0.2) is 23.4 Å². The summed E-state index contributed by atoms with van der Waals surface area (Å²) in [5.41, 5.74) is 1.55. The van der Waals surface area contributed by atoms with Gasteiger partial charge in [0.2, 0.25) is 0 Å². The Morgan fingerprint density at radius 3 is 2.80 bits per heavy atom. The molecule has 1 N–H and O–H groups in total. The highest BCUT2D eigenvalue weighted by atomic mass is 19.1. The van der Waals surface area contributed by atoms with Gasteiger partial charge >= 0.3 is 0 Å². The fourth-order valence-electron chi connectivity index (χ4n) is 2.15. The number of nitrogens with one attached hydrogen (secondary N) is 1. The first-order chi connectivity index (χ1) is 9.65. The van der Waals surface area contributed by atoms with Crippen LogP contribution >= 0.6 is 0 Å². The van der Waals surface area contributed by atoms with Crippen molar-refractivity contribution in [3.8, 4) is 5.75 Å². The van der Waals surface area contributed by atoms with E-state index in [9.17, 15) is 4.39 Å². The molecule has 2 aromatic rings. The van der Waals surface area contributed by atoms with Gasteiger partial charge in [-0.2, -0.15) is 5.10 Å². The highest BCUT2D eigenvalue weighted by Gasteiger charge is 2.19. The van der Waals surface area contributed by atoms with Crippen LogP contribution in [0.25, 0.3) is 0 Å². The van der Waals surface area contributed by atoms with E-state index in [1.807, 2.05) is 13.2 Å². The van der Waals surface area contributed by atoms with E-state index in [1.54, 1.807) is 23.0 Å². The second kappa shape index (κ2) is 6.52. The quantitative estimate of drug-likeness (QED) is 0.882. The highest BCUT2D eigenvalue weighted by Crippen LogP contribution is 2.26. The van der Waals surface area contributed by atoms with E-state index >= 15 is 0 Å². The molecule has 1 unspecified atom stereocenters. The molecule has 0 saturated carbocycles. The molecule has 4 nitrogen and oxygen atoms in total. The molecular weight excluding hydrogens is 257 g/mol. The number of nitrogens with zero attached hydrogens (tertiary/aromatic N) is 2. The van der Waals surface area contributed by atoms with Crippen molar-refractivity contribution < 1.29 is 9.13 Å². The number of hydrogen-bond donors (Lipinski definition) is 1. The molecule has 0 aliphatic rings. The first-order valence-electron chi connectivity index (χ1n) is 6.71. The van der Waals surface area contributed by atoms with E-state index in [0.29, 0.717) is 11.3 Å². The number of benzene rings is 1. The average molecular weight is 277 g/mol. The average Bonchev–Trinajstić information content (AvgIpc) is 2.87. The molecule has 0 aliphatic carbocycles. The van der Waals surface area contributed by atoms with Gasteiger partial charge in [-0.05, 0) is 19.0 Å². The van der Waals surface area contributed by atoms with E-state index < -0.39 is 0 Å². The topological polar surface area (TPSA) is 39.1 Å². The highest BCUT2D eigenvalue weighted by molar-refractivity contribution is 5.35. The predicted molar refractivity (Wildman–Crippen MR) is 76.3 cm³/mol. The monoisotopic (exact) mass is 277 g/mol. The van der Waals surface area contributed by atoms with Crippen molar-refractivity contribution in [1.82, 2.24) is 15.1 Å². The van der Waals surface area contributed by atoms with Crippen LogP contribution in [0.3, 0.4) is 0 Å². The Balaban J connectivity index is 2.35. The number of methoxy groups -OCH3 is 1. The summed E-state index contributed by atoms with van der Waals surface area (Å²) < 4.78 is 21.0. The van der Waals surface area contributed by atoms with Crippen LogP contribution in [0.5, 0.6) is 5.75 Å². The lowest BCUT2D eigenvalue weighted by Crippen LogP contribution is -2.23. The predicted octanol–water partition coefficient (Wildman–Crippen LogP) is 2.66. The van der Waals surface area contributed by atoms with Crippen LogP contribution in [-0.2, 0) is 7.05 Å². The van der Waals surface area contributed by atoms with Gasteiger partial charge in [0.1, 0.15) is 11.6 Å². The zero-order chi connectivity index (χ0) is 14.5. The van der Waals surface area contributed by atoms with Crippen molar-refractivity contribution in [2.75, 3.05) is 13.7 Å². The van der Waals surface area contributed by atoms with E-state index in [0.717, 1.165) is 18.5 Å². The molecule has 0 fully saturated rings. The summed E-state index contributed by atoms with van der Waals surface area (Å²) in [5.74, 6) is 0.244. The summed E-state index contributed by atoms with van der Waals surface area (Å²) in [4.78, 5) is 0. The summed E-state index contributed by atoms with van der Waals surface area (Å²) >= 11 is 0. The van der Waals surface area contributed by atoms with Crippen LogP contribution in [0, 0.1) is 5.82 Å². The van der Waals surface area contributed by atoms with Crippen LogP contribution in [0.2, 0.25) is 0 Å². The summed E-state index contributed by atoms with van der Waals surface area (Å²) in [6.45, 7) is 2.89. The summed E-state index contributed by atoms with van der Waals surface area (Å²) in [7, 11) is 3.38. The lowest BCUT2D eigenvalue weighted by Gasteiger charge is -2.18. The van der Waals surface area contributed by atoms with Gasteiger partial charge in [-0.3, -0.25) is 4.68 Å². The van der Waals surface area contributed by atoms with Gasteiger partial charge in [0.05, 0.1) is 19.3 Å². The first-order valence-corrected chi connectivity index (χ1v) is 6.71. The van der Waals surface area contributed by atoms with Crippen molar-refractivity contribution in [2.24, 2.45) is 7.05 Å². The van der Waals surface area contributed by atoms with Crippen molar-refractivity contribution in [3.05, 3.63) is 47.5 Å². The molecular formula is C15H20FN3O. The van der Waals surface area contributed by atoms with E-state index in [2.05, 4.69) is 17.3 Å². The minimum absolute atomic E-state index is 0.199. The van der Waals surface area contributed by atoms with Gasteiger partial charge in [0, 0.05) is 30.4 Å². The van der Waals surface area contributed by atoms with E-state index in [-0.39, 0.29) is 11.9 Å². The van der Waals surface area contributed by atoms with Gasteiger partial charge in [-0.15, -0.1) is 0 Å². The largest absolute Gasteiger partial charge is 0.497 e. The SMILES string of the molecule is CCCNC(c1cnn(C)c1)c1ccc(OC)cc1F. The molecule has 1 aromatic carbocycles. The van der Waals surface area contributed by atoms with E-state index in [1.165, 1.54) is 13.2 Å². The van der Waals surface area contributed by atoms with Crippen LogP contribution in [0.4, 0.5) is 4.39 Å². The lowest BCUT2D eigenvalue weighted by atomic mass is 10.0. The Bertz CT molecular complexity index is 568. The molecule has 1 atom stereocenters. The Morgan fingerprint density at radius 1 is 1.45 bits per heavy atom. The summed E-state index contributed by atoms with van der Waals surface area (Å²) in [5, 5.41) is 7.52. The van der Waals surface area contributed by atoms with Crippen LogP contribution in [0.1, 0.15) is 30.5 Å². The fraction of sp³-hybridized carbons (Fsp3) is 0.400. The second-order valence-electron chi connectivity index (χ2n) is 4.72. The molecule has 0 spiro atoms. The molecule has 108 valence electrons. The molecule has 2 rings (SSSR count). The smallest absolute Gasteiger partial charge is 0.132 e. The minimum atomic E-state index is -0.276. The Hall–Kier alpha value is -1.88. The van der Waals surface area contributed by atoms with Crippen molar-refractivity contribution in [2.45, 2.75) is 19.4 Å². The number of halogens is 1. The number of rotatable bonds is 6. The number of aryl methyl sites for hydroxylation is 1. The van der Waals surface area contributed by atoms with Crippen LogP contribution in [0.15, 0.2) is 30.6 Å². The Labute approximate surface area is 118 Å². The zero-order valence-corrected chi connectivity index (χ0v) is 12.1. The van der Waals surface area contributed by atoms with Crippen LogP contribution < -0.4 is 10.1 Å². The van der Waals surface area contributed by atoms with Gasteiger partial charge in [-0.1, -0.05) is 13.0 Å². The zero-order valence-electron chi connectivity index (χ0n) is 12.1. The van der Waals surface area contributed by atoms with Gasteiger partial charge in [0.25, 0.3) is 0 Å².